The number of aliphatic hydroxyl groups is 1. The Morgan fingerprint density at radius 3 is 2.64 bits per heavy atom. The van der Waals surface area contributed by atoms with Crippen molar-refractivity contribution < 1.29 is 23.8 Å². The van der Waals surface area contributed by atoms with Crippen molar-refractivity contribution in [3.05, 3.63) is 64.7 Å². The van der Waals surface area contributed by atoms with Crippen LogP contribution in [-0.2, 0) is 11.4 Å². The van der Waals surface area contributed by atoms with Crippen LogP contribution in [0.15, 0.2) is 41.6 Å². The molecule has 2 fully saturated rings. The van der Waals surface area contributed by atoms with E-state index in [1.54, 1.807) is 12.1 Å². The summed E-state index contributed by atoms with van der Waals surface area (Å²) < 4.78 is 27.0. The van der Waals surface area contributed by atoms with Crippen LogP contribution in [0, 0.1) is 41.2 Å². The molecule has 3 aliphatic carbocycles. The van der Waals surface area contributed by atoms with Gasteiger partial charge in [-0.1, -0.05) is 24.1 Å². The van der Waals surface area contributed by atoms with Gasteiger partial charge in [0.25, 0.3) is 0 Å². The molecule has 0 bridgehead atoms. The van der Waals surface area contributed by atoms with Crippen LogP contribution >= 0.6 is 0 Å². The number of oxime groups is 1. The zero-order valence-corrected chi connectivity index (χ0v) is 18.5. The van der Waals surface area contributed by atoms with Gasteiger partial charge in [0.05, 0.1) is 5.71 Å². The van der Waals surface area contributed by atoms with E-state index in [-0.39, 0.29) is 35.5 Å². The Morgan fingerprint density at radius 2 is 1.91 bits per heavy atom. The third kappa shape index (κ3) is 3.50. The van der Waals surface area contributed by atoms with Gasteiger partial charge in [0.15, 0.2) is 0 Å². The van der Waals surface area contributed by atoms with E-state index in [0.29, 0.717) is 24.1 Å². The molecule has 172 valence electrons. The average molecular weight is 452 g/mol. The minimum absolute atomic E-state index is 0.0710. The second kappa shape index (κ2) is 7.85. The van der Waals surface area contributed by atoms with E-state index >= 15 is 0 Å². The van der Waals surface area contributed by atoms with Gasteiger partial charge in [-0.15, -0.1) is 6.42 Å². The number of phenols is 1. The molecule has 6 heteroatoms. The van der Waals surface area contributed by atoms with Crippen molar-refractivity contribution in [3.63, 3.8) is 0 Å². The van der Waals surface area contributed by atoms with Crippen molar-refractivity contribution in [2.24, 2.45) is 22.4 Å². The van der Waals surface area contributed by atoms with Crippen LogP contribution in [0.3, 0.4) is 0 Å². The highest BCUT2D eigenvalue weighted by molar-refractivity contribution is 6.03. The molecule has 0 radical (unpaired) electrons. The number of aromatic hydroxyl groups is 1. The first-order valence-electron chi connectivity index (χ1n) is 11.4. The second-order valence-electron chi connectivity index (χ2n) is 9.94. The first-order chi connectivity index (χ1) is 15.7. The van der Waals surface area contributed by atoms with Crippen LogP contribution in [0.25, 0.3) is 0 Å². The highest BCUT2D eigenvalue weighted by Gasteiger charge is 2.61. The lowest BCUT2D eigenvalue weighted by molar-refractivity contribution is -0.0615. The molecule has 0 amide bonds. The van der Waals surface area contributed by atoms with Gasteiger partial charge in [0, 0.05) is 17.0 Å². The molecule has 5 rings (SSSR count). The molecule has 5 atom stereocenters. The highest BCUT2D eigenvalue weighted by Crippen LogP contribution is 2.64. The van der Waals surface area contributed by atoms with Crippen molar-refractivity contribution >= 4 is 5.71 Å². The average Bonchev–Trinajstić information content (AvgIpc) is 3.04. The first kappa shape index (κ1) is 21.9. The van der Waals surface area contributed by atoms with Crippen LogP contribution in [0.4, 0.5) is 8.78 Å². The zero-order chi connectivity index (χ0) is 23.4. The van der Waals surface area contributed by atoms with Crippen LogP contribution in [0.5, 0.6) is 5.75 Å². The van der Waals surface area contributed by atoms with Crippen LogP contribution in [0.2, 0.25) is 0 Å². The van der Waals surface area contributed by atoms with E-state index in [9.17, 15) is 19.0 Å². The number of hydrogen-bond acceptors (Lipinski definition) is 4. The molecule has 0 saturated heterocycles. The standard InChI is InChI=1S/C27H27F2NO3/c1-3-27(32)9-7-24-22-14-25(30-33-15-16-10-17(28)12-18(29)11-16)23-13-19(31)4-5-20(23)21(22)6-8-26(24,27)2/h1,4-5,10-13,21-22,24,31-32H,6-9,14-15H2,2H3/b30-25+/t21-,22-,24+,26+,27+/m1/s1. The Kier molecular flexibility index (Phi) is 5.21. The predicted molar refractivity (Wildman–Crippen MR) is 120 cm³/mol. The summed E-state index contributed by atoms with van der Waals surface area (Å²) >= 11 is 0. The number of benzene rings is 2. The summed E-state index contributed by atoms with van der Waals surface area (Å²) in [5.74, 6) is 2.26. The van der Waals surface area contributed by atoms with Gasteiger partial charge >= 0.3 is 0 Å². The molecule has 2 aromatic rings. The molecule has 0 spiro atoms. The Bertz CT molecular complexity index is 1150. The van der Waals surface area contributed by atoms with E-state index in [1.165, 1.54) is 12.1 Å². The molecule has 3 aliphatic rings. The first-order valence-corrected chi connectivity index (χ1v) is 11.4. The summed E-state index contributed by atoms with van der Waals surface area (Å²) in [7, 11) is 0. The Balaban J connectivity index is 1.47. The van der Waals surface area contributed by atoms with Crippen molar-refractivity contribution in [3.8, 4) is 18.1 Å². The van der Waals surface area contributed by atoms with Crippen molar-refractivity contribution in [1.82, 2.24) is 0 Å². The topological polar surface area (TPSA) is 62.1 Å². The van der Waals surface area contributed by atoms with E-state index in [0.717, 1.165) is 36.5 Å². The van der Waals surface area contributed by atoms with Gasteiger partial charge in [-0.05, 0) is 85.3 Å². The van der Waals surface area contributed by atoms with E-state index in [2.05, 4.69) is 18.0 Å². The van der Waals surface area contributed by atoms with Crippen LogP contribution in [-0.4, -0.2) is 21.5 Å². The van der Waals surface area contributed by atoms with Crippen molar-refractivity contribution in [2.75, 3.05) is 0 Å². The number of halogens is 2. The Morgan fingerprint density at radius 1 is 1.15 bits per heavy atom. The lowest BCUT2D eigenvalue weighted by Crippen LogP contribution is -2.50. The second-order valence-corrected chi connectivity index (χ2v) is 9.94. The lowest BCUT2D eigenvalue weighted by atomic mass is 9.53. The van der Waals surface area contributed by atoms with Gasteiger partial charge in [-0.25, -0.2) is 8.78 Å². The number of rotatable bonds is 3. The number of terminal acetylenes is 1. The van der Waals surface area contributed by atoms with E-state index < -0.39 is 17.2 Å². The van der Waals surface area contributed by atoms with E-state index in [4.69, 9.17) is 11.3 Å². The van der Waals surface area contributed by atoms with Crippen molar-refractivity contribution in [2.45, 2.75) is 57.2 Å². The van der Waals surface area contributed by atoms with Crippen molar-refractivity contribution in [1.29, 1.82) is 0 Å². The normalized spacial score (nSPS) is 33.7. The predicted octanol–water partition coefficient (Wildman–Crippen LogP) is 5.27. The maximum atomic E-state index is 13.5. The number of fused-ring (bicyclic) bond motifs is 5. The summed E-state index contributed by atoms with van der Waals surface area (Å²) in [4.78, 5) is 5.54. The summed E-state index contributed by atoms with van der Waals surface area (Å²) in [5.41, 5.74) is 1.54. The largest absolute Gasteiger partial charge is 0.508 e. The molecule has 0 heterocycles. The minimum Gasteiger partial charge on any atom is -0.508 e. The molecule has 4 nitrogen and oxygen atoms in total. The third-order valence-electron chi connectivity index (χ3n) is 8.33. The molecular weight excluding hydrogens is 424 g/mol. The summed E-state index contributed by atoms with van der Waals surface area (Å²) in [6.07, 6.45) is 9.57. The molecule has 2 aromatic carbocycles. The Hall–Kier alpha value is -2.91. The molecule has 33 heavy (non-hydrogen) atoms. The SMILES string of the molecule is C#C[C@]1(O)CC[C@H]2[C@@H]3C/C(=N\OCc4cc(F)cc(F)c4)c4cc(O)ccc4[C@H]3CC[C@@]21C. The lowest BCUT2D eigenvalue weighted by Gasteiger charge is -2.52. The van der Waals surface area contributed by atoms with Crippen LogP contribution < -0.4 is 0 Å². The van der Waals surface area contributed by atoms with Gasteiger partial charge in [0.2, 0.25) is 0 Å². The van der Waals surface area contributed by atoms with Gasteiger partial charge in [0.1, 0.15) is 29.6 Å². The summed E-state index contributed by atoms with van der Waals surface area (Å²) in [6, 6.07) is 8.58. The van der Waals surface area contributed by atoms with Crippen LogP contribution in [0.1, 0.15) is 61.6 Å². The van der Waals surface area contributed by atoms with Gasteiger partial charge in [-0.3, -0.25) is 0 Å². The fraction of sp³-hybridized carbons (Fsp3) is 0.444. The number of nitrogens with zero attached hydrogens (tertiary/aromatic N) is 1. The summed E-state index contributed by atoms with van der Waals surface area (Å²) in [6.45, 7) is 2.04. The monoisotopic (exact) mass is 451 g/mol. The molecule has 0 aromatic heterocycles. The maximum absolute atomic E-state index is 13.5. The highest BCUT2D eigenvalue weighted by atomic mass is 19.1. The smallest absolute Gasteiger partial charge is 0.142 e. The van der Waals surface area contributed by atoms with E-state index in [1.807, 2.05) is 6.07 Å². The van der Waals surface area contributed by atoms with Gasteiger partial charge in [-0.2, -0.15) is 0 Å². The zero-order valence-electron chi connectivity index (χ0n) is 18.5. The number of hydrogen-bond donors (Lipinski definition) is 2. The fourth-order valence-corrected chi connectivity index (χ4v) is 6.63. The molecule has 2 saturated carbocycles. The number of phenolic OH excluding ortho intramolecular Hbond substituents is 1. The molecular formula is C27H27F2NO3. The molecule has 0 aliphatic heterocycles. The summed E-state index contributed by atoms with van der Waals surface area (Å²) in [5, 5.41) is 25.7. The molecule has 0 unspecified atom stereocenters. The quantitative estimate of drug-likeness (QED) is 0.494. The fourth-order valence-electron chi connectivity index (χ4n) is 6.63. The Labute approximate surface area is 192 Å². The maximum Gasteiger partial charge on any atom is 0.142 e. The minimum atomic E-state index is -1.10. The molecule has 2 N–H and O–H groups in total. The van der Waals surface area contributed by atoms with Gasteiger partial charge < -0.3 is 15.1 Å². The third-order valence-corrected chi connectivity index (χ3v) is 8.33.